The van der Waals surface area contributed by atoms with Gasteiger partial charge in [-0.1, -0.05) is 15.9 Å². The minimum absolute atomic E-state index is 0.256. The number of hydrogen-bond acceptors (Lipinski definition) is 3. The van der Waals surface area contributed by atoms with Crippen LogP contribution in [0.5, 0.6) is 0 Å². The van der Waals surface area contributed by atoms with E-state index in [0.717, 1.165) is 10.0 Å². The topological polar surface area (TPSA) is 37.8 Å². The molecular formula is C11H8Br2FN3. The summed E-state index contributed by atoms with van der Waals surface area (Å²) in [5, 5.41) is 3.09. The standard InChI is InChI=1S/C11H8Br2FN3/c12-9-2-1-8(14)3-7(9)5-15-11-4-10(13)16-6-17-11/h1-4,6H,5H2,(H,15,16,17). The third-order valence-electron chi connectivity index (χ3n) is 2.10. The summed E-state index contributed by atoms with van der Waals surface area (Å²) in [6.45, 7) is 0.488. The smallest absolute Gasteiger partial charge is 0.130 e. The maximum atomic E-state index is 13.1. The first-order valence-electron chi connectivity index (χ1n) is 4.80. The van der Waals surface area contributed by atoms with Crippen LogP contribution in [-0.4, -0.2) is 9.97 Å². The highest BCUT2D eigenvalue weighted by atomic mass is 79.9. The lowest BCUT2D eigenvalue weighted by atomic mass is 10.2. The van der Waals surface area contributed by atoms with E-state index in [1.165, 1.54) is 18.5 Å². The van der Waals surface area contributed by atoms with E-state index in [9.17, 15) is 4.39 Å². The van der Waals surface area contributed by atoms with Crippen molar-refractivity contribution in [2.45, 2.75) is 6.54 Å². The summed E-state index contributed by atoms with van der Waals surface area (Å²) in [6.07, 6.45) is 1.45. The molecule has 3 nitrogen and oxygen atoms in total. The predicted octanol–water partition coefficient (Wildman–Crippen LogP) is 3.75. The van der Waals surface area contributed by atoms with E-state index in [1.54, 1.807) is 12.1 Å². The maximum absolute atomic E-state index is 13.1. The molecule has 0 aliphatic carbocycles. The summed E-state index contributed by atoms with van der Waals surface area (Å²) in [5.41, 5.74) is 0.833. The molecule has 0 amide bonds. The summed E-state index contributed by atoms with van der Waals surface area (Å²) in [5.74, 6) is 0.428. The molecule has 0 atom stereocenters. The molecule has 0 fully saturated rings. The second kappa shape index (κ2) is 5.55. The molecule has 0 radical (unpaired) electrons. The zero-order valence-corrected chi connectivity index (χ0v) is 11.8. The van der Waals surface area contributed by atoms with Gasteiger partial charge in [0.1, 0.15) is 22.6 Å². The van der Waals surface area contributed by atoms with E-state index in [1.807, 2.05) is 0 Å². The zero-order valence-electron chi connectivity index (χ0n) is 8.62. The highest BCUT2D eigenvalue weighted by molar-refractivity contribution is 9.10. The van der Waals surface area contributed by atoms with Gasteiger partial charge in [0, 0.05) is 17.1 Å². The lowest BCUT2D eigenvalue weighted by Gasteiger charge is -2.07. The third-order valence-corrected chi connectivity index (χ3v) is 3.31. The Kier molecular flexibility index (Phi) is 4.06. The number of anilines is 1. The highest BCUT2D eigenvalue weighted by Gasteiger charge is 2.02. The van der Waals surface area contributed by atoms with Crippen molar-refractivity contribution in [1.29, 1.82) is 0 Å². The quantitative estimate of drug-likeness (QED) is 0.847. The Labute approximate surface area is 115 Å². The van der Waals surface area contributed by atoms with Crippen molar-refractivity contribution >= 4 is 37.7 Å². The lowest BCUT2D eigenvalue weighted by Crippen LogP contribution is -2.02. The number of rotatable bonds is 3. The van der Waals surface area contributed by atoms with E-state index in [4.69, 9.17) is 0 Å². The summed E-state index contributed by atoms with van der Waals surface area (Å²) < 4.78 is 14.6. The number of nitrogens with one attached hydrogen (secondary N) is 1. The van der Waals surface area contributed by atoms with E-state index in [-0.39, 0.29) is 5.82 Å². The van der Waals surface area contributed by atoms with Crippen molar-refractivity contribution in [3.8, 4) is 0 Å². The normalized spacial score (nSPS) is 10.3. The second-order valence-electron chi connectivity index (χ2n) is 3.32. The van der Waals surface area contributed by atoms with Gasteiger partial charge < -0.3 is 5.32 Å². The van der Waals surface area contributed by atoms with Crippen molar-refractivity contribution in [2.24, 2.45) is 0 Å². The summed E-state index contributed by atoms with van der Waals surface area (Å²) in [6, 6.07) is 6.33. The Bertz CT molecular complexity index is 534. The van der Waals surface area contributed by atoms with E-state index >= 15 is 0 Å². The van der Waals surface area contributed by atoms with Crippen LogP contribution in [0.25, 0.3) is 0 Å². The molecule has 2 aromatic rings. The predicted molar refractivity (Wildman–Crippen MR) is 71.2 cm³/mol. The average molecular weight is 361 g/mol. The number of hydrogen-bond donors (Lipinski definition) is 1. The van der Waals surface area contributed by atoms with Gasteiger partial charge in [0.25, 0.3) is 0 Å². The molecule has 0 saturated heterocycles. The lowest BCUT2D eigenvalue weighted by molar-refractivity contribution is 0.625. The van der Waals surface area contributed by atoms with Crippen molar-refractivity contribution in [3.05, 3.63) is 51.0 Å². The van der Waals surface area contributed by atoms with Crippen LogP contribution in [0.1, 0.15) is 5.56 Å². The van der Waals surface area contributed by atoms with Gasteiger partial charge in [0.05, 0.1) is 0 Å². The molecule has 1 aromatic heterocycles. The van der Waals surface area contributed by atoms with Crippen LogP contribution in [0.15, 0.2) is 39.7 Å². The third kappa shape index (κ3) is 3.47. The summed E-state index contributed by atoms with van der Waals surface area (Å²) >= 11 is 6.62. The number of nitrogens with zero attached hydrogens (tertiary/aromatic N) is 2. The Morgan fingerprint density at radius 2 is 2.00 bits per heavy atom. The van der Waals surface area contributed by atoms with E-state index in [0.29, 0.717) is 17.0 Å². The molecule has 1 aromatic carbocycles. The van der Waals surface area contributed by atoms with E-state index in [2.05, 4.69) is 47.1 Å². The monoisotopic (exact) mass is 359 g/mol. The fraction of sp³-hybridized carbons (Fsp3) is 0.0909. The molecule has 2 rings (SSSR count). The Balaban J connectivity index is 2.09. The molecule has 0 spiro atoms. The number of benzene rings is 1. The van der Waals surface area contributed by atoms with Crippen LogP contribution in [0.3, 0.4) is 0 Å². The van der Waals surface area contributed by atoms with Crippen molar-refractivity contribution in [3.63, 3.8) is 0 Å². The van der Waals surface area contributed by atoms with Gasteiger partial charge >= 0.3 is 0 Å². The van der Waals surface area contributed by atoms with Gasteiger partial charge in [-0.3, -0.25) is 0 Å². The molecule has 1 N–H and O–H groups in total. The molecule has 0 bridgehead atoms. The molecule has 6 heteroatoms. The SMILES string of the molecule is Fc1ccc(Br)c(CNc2cc(Br)ncn2)c1. The van der Waals surface area contributed by atoms with Crippen molar-refractivity contribution in [1.82, 2.24) is 9.97 Å². The summed E-state index contributed by atoms with van der Waals surface area (Å²) in [7, 11) is 0. The van der Waals surface area contributed by atoms with E-state index < -0.39 is 0 Å². The minimum atomic E-state index is -0.256. The zero-order chi connectivity index (χ0) is 12.3. The molecule has 1 heterocycles. The first-order valence-corrected chi connectivity index (χ1v) is 6.39. The Hall–Kier alpha value is -1.01. The van der Waals surface area contributed by atoms with Crippen LogP contribution >= 0.6 is 31.9 Å². The molecular weight excluding hydrogens is 353 g/mol. The molecule has 0 aliphatic heterocycles. The number of aromatic nitrogens is 2. The second-order valence-corrected chi connectivity index (χ2v) is 4.98. The minimum Gasteiger partial charge on any atom is -0.366 e. The first-order chi connectivity index (χ1) is 8.15. The molecule has 17 heavy (non-hydrogen) atoms. The van der Waals surface area contributed by atoms with Gasteiger partial charge in [-0.2, -0.15) is 0 Å². The van der Waals surface area contributed by atoms with Gasteiger partial charge in [0.15, 0.2) is 0 Å². The highest BCUT2D eigenvalue weighted by Crippen LogP contribution is 2.19. The molecule has 0 saturated carbocycles. The van der Waals surface area contributed by atoms with Crippen molar-refractivity contribution in [2.75, 3.05) is 5.32 Å². The molecule has 88 valence electrons. The fourth-order valence-electron chi connectivity index (χ4n) is 1.29. The Morgan fingerprint density at radius 1 is 1.18 bits per heavy atom. The van der Waals surface area contributed by atoms with Gasteiger partial charge in [-0.05, 0) is 39.7 Å². The van der Waals surface area contributed by atoms with Gasteiger partial charge in [0.2, 0.25) is 0 Å². The average Bonchev–Trinajstić information content (AvgIpc) is 2.30. The van der Waals surface area contributed by atoms with Gasteiger partial charge in [-0.25, -0.2) is 14.4 Å². The molecule has 0 aliphatic rings. The largest absolute Gasteiger partial charge is 0.366 e. The Morgan fingerprint density at radius 3 is 2.76 bits per heavy atom. The fourth-order valence-corrected chi connectivity index (χ4v) is 1.99. The van der Waals surface area contributed by atoms with Crippen LogP contribution in [0.2, 0.25) is 0 Å². The first kappa shape index (κ1) is 12.4. The number of halogens is 3. The molecule has 0 unspecified atom stereocenters. The van der Waals surface area contributed by atoms with Crippen LogP contribution < -0.4 is 5.32 Å². The van der Waals surface area contributed by atoms with Crippen LogP contribution in [0.4, 0.5) is 10.2 Å². The van der Waals surface area contributed by atoms with Crippen LogP contribution in [-0.2, 0) is 6.54 Å². The van der Waals surface area contributed by atoms with Crippen molar-refractivity contribution < 1.29 is 4.39 Å². The maximum Gasteiger partial charge on any atom is 0.130 e. The summed E-state index contributed by atoms with van der Waals surface area (Å²) in [4.78, 5) is 7.97. The van der Waals surface area contributed by atoms with Gasteiger partial charge in [-0.15, -0.1) is 0 Å². The van der Waals surface area contributed by atoms with Crippen LogP contribution in [0, 0.1) is 5.82 Å².